The Hall–Kier alpha value is -2.96. The molecule has 128 valence electrons. The van der Waals surface area contributed by atoms with Crippen LogP contribution in [-0.4, -0.2) is 19.1 Å². The molecule has 0 bridgehead atoms. The van der Waals surface area contributed by atoms with Gasteiger partial charge in [-0.3, -0.25) is 9.78 Å². The summed E-state index contributed by atoms with van der Waals surface area (Å²) in [6, 6.07) is 21.7. The van der Waals surface area contributed by atoms with Gasteiger partial charge in [0.2, 0.25) is 0 Å². The van der Waals surface area contributed by atoms with Crippen LogP contribution in [0.5, 0.6) is 0 Å². The zero-order valence-corrected chi connectivity index (χ0v) is 14.6. The third kappa shape index (κ3) is 3.12. The first kappa shape index (κ1) is 16.5. The van der Waals surface area contributed by atoms with Crippen molar-refractivity contribution >= 4 is 22.1 Å². The average molecular weight is 361 g/mol. The molecule has 4 rings (SSSR count). The zero-order valence-electron chi connectivity index (χ0n) is 13.8. The summed E-state index contributed by atoms with van der Waals surface area (Å²) < 4.78 is 14.5. The minimum absolute atomic E-state index is 0.193. The molecule has 26 heavy (non-hydrogen) atoms. The molecule has 6 heteroatoms. The molecule has 0 aliphatic heterocycles. The average Bonchev–Trinajstić information content (AvgIpc) is 2.69. The Morgan fingerprint density at radius 3 is 2.42 bits per heavy atom. The van der Waals surface area contributed by atoms with Gasteiger partial charge in [-0.1, -0.05) is 36.4 Å². The van der Waals surface area contributed by atoms with Gasteiger partial charge >= 0.3 is 5.16 Å². The first-order valence-corrected chi connectivity index (χ1v) is 9.41. The maximum atomic E-state index is 13.1. The minimum atomic E-state index is -1.52. The molecule has 0 amide bonds. The van der Waals surface area contributed by atoms with Crippen molar-refractivity contribution in [1.29, 1.82) is 0 Å². The van der Waals surface area contributed by atoms with E-state index in [2.05, 4.69) is 9.97 Å². The van der Waals surface area contributed by atoms with Crippen LogP contribution < -0.4 is 5.56 Å². The fraction of sp³-hybridized carbons (Fsp3) is 0.0500. The van der Waals surface area contributed by atoms with Crippen molar-refractivity contribution in [1.82, 2.24) is 14.5 Å². The number of hydrogen-bond acceptors (Lipinski definition) is 4. The third-order valence-electron chi connectivity index (χ3n) is 3.97. The lowest BCUT2D eigenvalue weighted by atomic mass is 10.2. The second-order valence-corrected chi connectivity index (χ2v) is 7.04. The molecule has 0 spiro atoms. The molecule has 1 atom stereocenters. The van der Waals surface area contributed by atoms with Crippen molar-refractivity contribution < 1.29 is 4.55 Å². The van der Waals surface area contributed by atoms with E-state index in [1.54, 1.807) is 42.6 Å². The SMILES string of the molecule is O=c1c2ccccc2nc([S+]([O-])Cc2ccccn2)n1-c1ccccc1. The fourth-order valence-electron chi connectivity index (χ4n) is 2.75. The van der Waals surface area contributed by atoms with Crippen LogP contribution in [-0.2, 0) is 16.9 Å². The quantitative estimate of drug-likeness (QED) is 0.414. The van der Waals surface area contributed by atoms with Crippen molar-refractivity contribution in [3.8, 4) is 5.69 Å². The highest BCUT2D eigenvalue weighted by atomic mass is 32.2. The van der Waals surface area contributed by atoms with Gasteiger partial charge in [0.05, 0.1) is 22.3 Å². The summed E-state index contributed by atoms with van der Waals surface area (Å²) >= 11 is -1.52. The second-order valence-electron chi connectivity index (χ2n) is 5.70. The van der Waals surface area contributed by atoms with Crippen LogP contribution in [0.25, 0.3) is 16.6 Å². The van der Waals surface area contributed by atoms with Gasteiger partial charge in [-0.25, -0.2) is 4.57 Å². The lowest BCUT2D eigenvalue weighted by molar-refractivity contribution is 0.578. The standard InChI is InChI=1S/C20H15N3O2S/c24-19-17-11-4-5-12-18(17)22-20(23(19)16-9-2-1-3-10-16)26(25)14-15-8-6-7-13-21-15/h1-13H,14H2. The van der Waals surface area contributed by atoms with E-state index in [-0.39, 0.29) is 16.5 Å². The molecule has 0 N–H and O–H groups in total. The molecule has 0 saturated heterocycles. The van der Waals surface area contributed by atoms with E-state index in [4.69, 9.17) is 0 Å². The molecule has 4 aromatic rings. The number of nitrogens with zero attached hydrogens (tertiary/aromatic N) is 3. The molecule has 0 saturated carbocycles. The Balaban J connectivity index is 1.91. The van der Waals surface area contributed by atoms with Crippen LogP contribution in [0.2, 0.25) is 0 Å². The number of para-hydroxylation sites is 2. The number of benzene rings is 2. The van der Waals surface area contributed by atoms with E-state index in [1.165, 1.54) is 4.57 Å². The summed E-state index contributed by atoms with van der Waals surface area (Å²) in [5, 5.41) is 0.723. The predicted octanol–water partition coefficient (Wildman–Crippen LogP) is 3.09. The lowest BCUT2D eigenvalue weighted by Gasteiger charge is -2.15. The molecule has 0 aliphatic rings. The van der Waals surface area contributed by atoms with Crippen molar-refractivity contribution in [2.75, 3.05) is 0 Å². The molecule has 2 aromatic heterocycles. The summed E-state index contributed by atoms with van der Waals surface area (Å²) in [6.45, 7) is 0. The van der Waals surface area contributed by atoms with E-state index < -0.39 is 11.2 Å². The topological polar surface area (TPSA) is 70.8 Å². The van der Waals surface area contributed by atoms with E-state index in [0.717, 1.165) is 0 Å². The van der Waals surface area contributed by atoms with Gasteiger partial charge in [-0.05, 0) is 36.4 Å². The maximum absolute atomic E-state index is 13.1. The van der Waals surface area contributed by atoms with Crippen molar-refractivity contribution in [2.24, 2.45) is 0 Å². The number of pyridine rings is 1. The van der Waals surface area contributed by atoms with Gasteiger partial charge < -0.3 is 4.55 Å². The van der Waals surface area contributed by atoms with E-state index >= 15 is 0 Å². The first-order valence-electron chi connectivity index (χ1n) is 8.09. The van der Waals surface area contributed by atoms with Crippen LogP contribution in [0.1, 0.15) is 5.69 Å². The Bertz CT molecular complexity index is 1100. The summed E-state index contributed by atoms with van der Waals surface area (Å²) in [7, 11) is 0. The van der Waals surface area contributed by atoms with Gasteiger partial charge in [-0.2, -0.15) is 4.98 Å². The van der Waals surface area contributed by atoms with Crippen LogP contribution in [0.4, 0.5) is 0 Å². The van der Waals surface area contributed by atoms with E-state index in [0.29, 0.717) is 22.3 Å². The second kappa shape index (κ2) is 7.11. The van der Waals surface area contributed by atoms with E-state index in [1.807, 2.05) is 36.4 Å². The molecule has 0 radical (unpaired) electrons. The minimum Gasteiger partial charge on any atom is -0.609 e. The molecule has 0 fully saturated rings. The molecule has 2 heterocycles. The fourth-order valence-corrected chi connectivity index (χ4v) is 3.91. The predicted molar refractivity (Wildman–Crippen MR) is 102 cm³/mol. The number of hydrogen-bond donors (Lipinski definition) is 0. The van der Waals surface area contributed by atoms with Gasteiger partial charge in [0.25, 0.3) is 5.56 Å². The Morgan fingerprint density at radius 1 is 0.923 bits per heavy atom. The van der Waals surface area contributed by atoms with Crippen LogP contribution in [0, 0.1) is 0 Å². The summed E-state index contributed by atoms with van der Waals surface area (Å²) in [5.74, 6) is 0.193. The van der Waals surface area contributed by atoms with Crippen molar-refractivity contribution in [2.45, 2.75) is 10.9 Å². The number of fused-ring (bicyclic) bond motifs is 1. The lowest BCUT2D eigenvalue weighted by Crippen LogP contribution is -2.27. The van der Waals surface area contributed by atoms with Crippen LogP contribution >= 0.6 is 0 Å². The molecule has 0 aliphatic carbocycles. The van der Waals surface area contributed by atoms with Crippen LogP contribution in [0.15, 0.2) is 88.9 Å². The summed E-state index contributed by atoms with van der Waals surface area (Å²) in [5.41, 5.74) is 1.63. The van der Waals surface area contributed by atoms with Crippen molar-refractivity contribution in [3.05, 3.63) is 95.0 Å². The molecular formula is C20H15N3O2S. The summed E-state index contributed by atoms with van der Waals surface area (Å²) in [6.07, 6.45) is 1.66. The highest BCUT2D eigenvalue weighted by molar-refractivity contribution is 7.90. The molecule has 5 nitrogen and oxygen atoms in total. The first-order chi connectivity index (χ1) is 12.7. The van der Waals surface area contributed by atoms with Gasteiger partial charge in [0.15, 0.2) is 5.75 Å². The highest BCUT2D eigenvalue weighted by Crippen LogP contribution is 2.19. The molecular weight excluding hydrogens is 346 g/mol. The summed E-state index contributed by atoms with van der Waals surface area (Å²) in [4.78, 5) is 21.8. The van der Waals surface area contributed by atoms with Gasteiger partial charge in [0.1, 0.15) is 0 Å². The zero-order chi connectivity index (χ0) is 17.9. The number of aromatic nitrogens is 3. The Labute approximate surface area is 153 Å². The Kier molecular flexibility index (Phi) is 4.51. The van der Waals surface area contributed by atoms with Gasteiger partial charge in [0, 0.05) is 17.4 Å². The smallest absolute Gasteiger partial charge is 0.331 e. The third-order valence-corrected chi connectivity index (χ3v) is 5.21. The van der Waals surface area contributed by atoms with E-state index in [9.17, 15) is 9.35 Å². The molecule has 1 unspecified atom stereocenters. The Morgan fingerprint density at radius 2 is 1.65 bits per heavy atom. The largest absolute Gasteiger partial charge is 0.609 e. The van der Waals surface area contributed by atoms with Crippen LogP contribution in [0.3, 0.4) is 0 Å². The number of rotatable bonds is 4. The normalized spacial score (nSPS) is 12.2. The highest BCUT2D eigenvalue weighted by Gasteiger charge is 2.23. The van der Waals surface area contributed by atoms with Crippen molar-refractivity contribution in [3.63, 3.8) is 0 Å². The maximum Gasteiger partial charge on any atom is 0.331 e. The molecule has 2 aromatic carbocycles. The monoisotopic (exact) mass is 361 g/mol. The van der Waals surface area contributed by atoms with Gasteiger partial charge in [-0.15, -0.1) is 0 Å².